The fourth-order valence-corrected chi connectivity index (χ4v) is 4.89. The highest BCUT2D eigenvalue weighted by Crippen LogP contribution is 2.33. The number of aliphatic hydroxyl groups excluding tert-OH is 1. The van der Waals surface area contributed by atoms with E-state index in [1.807, 2.05) is 25.1 Å². The van der Waals surface area contributed by atoms with Gasteiger partial charge in [-0.3, -0.25) is 4.90 Å². The average molecular weight is 423 g/mol. The number of hydrogen-bond donors (Lipinski definition) is 2. The summed E-state index contributed by atoms with van der Waals surface area (Å²) in [6.45, 7) is 10.3. The Morgan fingerprint density at radius 2 is 2.16 bits per heavy atom. The highest BCUT2D eigenvalue weighted by atomic mass is 17.2. The van der Waals surface area contributed by atoms with Gasteiger partial charge in [-0.25, -0.2) is 0 Å². The van der Waals surface area contributed by atoms with Gasteiger partial charge >= 0.3 is 0 Å². The topological polar surface area (TPSA) is 54.0 Å². The minimum atomic E-state index is -0.423. The van der Waals surface area contributed by atoms with Crippen LogP contribution in [0.25, 0.3) is 0 Å². The molecule has 5 heteroatoms. The molecule has 0 aromatic heterocycles. The highest BCUT2D eigenvalue weighted by molar-refractivity contribution is 5.42. The molecule has 1 aromatic rings. The molecule has 1 fully saturated rings. The van der Waals surface area contributed by atoms with Crippen molar-refractivity contribution in [2.24, 2.45) is 0 Å². The Labute approximate surface area is 185 Å². The first-order chi connectivity index (χ1) is 15.1. The van der Waals surface area contributed by atoms with Gasteiger partial charge in [0.25, 0.3) is 0 Å². The van der Waals surface area contributed by atoms with E-state index in [0.29, 0.717) is 13.0 Å². The van der Waals surface area contributed by atoms with Crippen LogP contribution in [0.2, 0.25) is 0 Å². The van der Waals surface area contributed by atoms with Gasteiger partial charge in [-0.1, -0.05) is 48.1 Å². The summed E-state index contributed by atoms with van der Waals surface area (Å²) in [7, 11) is 0. The second-order valence-electron chi connectivity index (χ2n) is 8.80. The van der Waals surface area contributed by atoms with Crippen molar-refractivity contribution in [1.82, 2.24) is 10.2 Å². The van der Waals surface area contributed by atoms with Crippen LogP contribution in [0.4, 0.5) is 0 Å². The lowest BCUT2D eigenvalue weighted by molar-refractivity contribution is -0.260. The molecule has 1 aromatic carbocycles. The molecule has 5 nitrogen and oxygen atoms in total. The number of hydrogen-bond acceptors (Lipinski definition) is 5. The van der Waals surface area contributed by atoms with E-state index in [9.17, 15) is 5.11 Å². The third kappa shape index (κ3) is 5.36. The summed E-state index contributed by atoms with van der Waals surface area (Å²) in [6, 6.07) is 10.7. The van der Waals surface area contributed by atoms with Crippen LogP contribution in [0.3, 0.4) is 0 Å². The lowest BCUT2D eigenvalue weighted by atomic mass is 9.86. The molecule has 31 heavy (non-hydrogen) atoms. The van der Waals surface area contributed by atoms with Crippen LogP contribution in [0, 0.1) is 0 Å². The van der Waals surface area contributed by atoms with Gasteiger partial charge in [0.2, 0.25) is 0 Å². The third-order valence-electron chi connectivity index (χ3n) is 6.49. The van der Waals surface area contributed by atoms with E-state index in [2.05, 4.69) is 47.1 Å². The normalized spacial score (nSPS) is 23.5. The maximum Gasteiger partial charge on any atom is 0.169 e. The molecule has 2 heterocycles. The Hall–Kier alpha value is -2.18. The van der Waals surface area contributed by atoms with Gasteiger partial charge in [0.15, 0.2) is 5.76 Å². The number of nitrogens with one attached hydrogen (secondary N) is 1. The minimum Gasteiger partial charge on any atom is -0.392 e. The van der Waals surface area contributed by atoms with E-state index in [4.69, 9.17) is 9.78 Å². The van der Waals surface area contributed by atoms with Crippen molar-refractivity contribution in [3.63, 3.8) is 0 Å². The van der Waals surface area contributed by atoms with Crippen LogP contribution in [0.5, 0.6) is 0 Å². The summed E-state index contributed by atoms with van der Waals surface area (Å²) in [4.78, 5) is 13.4. The highest BCUT2D eigenvalue weighted by Gasteiger charge is 2.33. The first kappa shape index (κ1) is 22.0. The molecule has 0 spiro atoms. The summed E-state index contributed by atoms with van der Waals surface area (Å²) in [5.74, 6) is 0.929. The van der Waals surface area contributed by atoms with Gasteiger partial charge < -0.3 is 15.3 Å². The molecule has 3 unspecified atom stereocenters. The molecule has 0 saturated carbocycles. The Morgan fingerprint density at radius 3 is 2.97 bits per heavy atom. The van der Waals surface area contributed by atoms with E-state index >= 15 is 0 Å². The average Bonchev–Trinajstić information content (AvgIpc) is 2.79. The van der Waals surface area contributed by atoms with Crippen LogP contribution >= 0.6 is 0 Å². The molecule has 0 bridgehead atoms. The first-order valence-electron chi connectivity index (χ1n) is 11.3. The second-order valence-corrected chi connectivity index (χ2v) is 8.80. The van der Waals surface area contributed by atoms with Crippen LogP contribution in [0.15, 0.2) is 77.6 Å². The standard InChI is InChI=1S/C26H34N2O3/c1-19(2)16-25(29)21(20-8-4-3-5-9-20)12-14-28-15-13-27-17-24(28)23-18-30-31-26-11-7-6-10-22(23)26/h3-9,11,21,24-25,27,29H,1,10,12-18H2,2H3. The number of rotatable bonds is 8. The largest absolute Gasteiger partial charge is 0.392 e. The smallest absolute Gasteiger partial charge is 0.169 e. The lowest BCUT2D eigenvalue weighted by Crippen LogP contribution is -2.53. The van der Waals surface area contributed by atoms with Crippen molar-refractivity contribution in [2.75, 3.05) is 32.8 Å². The predicted octanol–water partition coefficient (Wildman–Crippen LogP) is 3.86. The molecule has 3 atom stereocenters. The number of piperazine rings is 1. The summed E-state index contributed by atoms with van der Waals surface area (Å²) < 4.78 is 0. The molecule has 166 valence electrons. The Balaban J connectivity index is 1.52. The lowest BCUT2D eigenvalue weighted by Gasteiger charge is -2.40. The maximum absolute atomic E-state index is 11.0. The summed E-state index contributed by atoms with van der Waals surface area (Å²) >= 11 is 0. The molecular weight excluding hydrogens is 388 g/mol. The van der Waals surface area contributed by atoms with Gasteiger partial charge in [-0.15, -0.1) is 6.58 Å². The zero-order valence-corrected chi connectivity index (χ0v) is 18.4. The number of aliphatic hydroxyl groups is 1. The second kappa shape index (κ2) is 10.4. The van der Waals surface area contributed by atoms with E-state index in [1.165, 1.54) is 16.7 Å². The molecule has 2 N–H and O–H groups in total. The Bertz CT molecular complexity index is 859. The zero-order valence-electron chi connectivity index (χ0n) is 18.4. The third-order valence-corrected chi connectivity index (χ3v) is 6.49. The number of benzene rings is 1. The number of allylic oxidation sites excluding steroid dienone is 4. The van der Waals surface area contributed by atoms with E-state index in [0.717, 1.165) is 50.4 Å². The van der Waals surface area contributed by atoms with Gasteiger partial charge in [0.05, 0.1) is 6.10 Å². The predicted molar refractivity (Wildman–Crippen MR) is 123 cm³/mol. The molecule has 1 saturated heterocycles. The van der Waals surface area contributed by atoms with Gasteiger partial charge in [0.1, 0.15) is 6.61 Å². The molecule has 1 aliphatic carbocycles. The van der Waals surface area contributed by atoms with Crippen LogP contribution in [-0.4, -0.2) is 54.9 Å². The molecule has 3 aliphatic rings. The molecule has 4 rings (SSSR count). The molecular formula is C26H34N2O3. The molecule has 0 radical (unpaired) electrons. The van der Waals surface area contributed by atoms with E-state index in [-0.39, 0.29) is 12.0 Å². The maximum atomic E-state index is 11.0. The van der Waals surface area contributed by atoms with Crippen molar-refractivity contribution >= 4 is 0 Å². The van der Waals surface area contributed by atoms with Gasteiger partial charge in [-0.05, 0) is 49.9 Å². The number of fused-ring (bicyclic) bond motifs is 1. The van der Waals surface area contributed by atoms with Crippen molar-refractivity contribution in [2.45, 2.75) is 44.2 Å². The van der Waals surface area contributed by atoms with Crippen LogP contribution in [-0.2, 0) is 9.78 Å². The minimum absolute atomic E-state index is 0.0881. The summed E-state index contributed by atoms with van der Waals surface area (Å²) in [6.07, 6.45) is 8.18. The quantitative estimate of drug-likeness (QED) is 0.492. The van der Waals surface area contributed by atoms with Crippen LogP contribution < -0.4 is 5.32 Å². The van der Waals surface area contributed by atoms with Crippen LogP contribution in [0.1, 0.15) is 37.7 Å². The van der Waals surface area contributed by atoms with Crippen molar-refractivity contribution in [3.05, 3.63) is 83.2 Å². The monoisotopic (exact) mass is 422 g/mol. The van der Waals surface area contributed by atoms with E-state index < -0.39 is 6.10 Å². The molecule has 0 amide bonds. The SMILES string of the molecule is C=C(C)CC(O)C(CCN1CCNCC1C1=C2CC=CC=C2OOC1)c1ccccc1. The van der Waals surface area contributed by atoms with Crippen molar-refractivity contribution < 1.29 is 14.9 Å². The zero-order chi connectivity index (χ0) is 21.6. The fraction of sp³-hybridized carbons (Fsp3) is 0.462. The Morgan fingerprint density at radius 1 is 1.32 bits per heavy atom. The summed E-state index contributed by atoms with van der Waals surface area (Å²) in [5.41, 5.74) is 4.79. The first-order valence-corrected chi connectivity index (χ1v) is 11.3. The fourth-order valence-electron chi connectivity index (χ4n) is 4.89. The van der Waals surface area contributed by atoms with Gasteiger partial charge in [0, 0.05) is 37.2 Å². The van der Waals surface area contributed by atoms with Crippen molar-refractivity contribution in [1.29, 1.82) is 0 Å². The molecule has 2 aliphatic heterocycles. The Kier molecular flexibility index (Phi) is 7.41. The van der Waals surface area contributed by atoms with Gasteiger partial charge in [-0.2, -0.15) is 4.89 Å². The summed E-state index contributed by atoms with van der Waals surface area (Å²) in [5, 5.41) is 14.5. The van der Waals surface area contributed by atoms with Crippen molar-refractivity contribution in [3.8, 4) is 0 Å². The van der Waals surface area contributed by atoms with E-state index in [1.54, 1.807) is 0 Å². The number of nitrogens with zero attached hydrogens (tertiary/aromatic N) is 1.